The summed E-state index contributed by atoms with van der Waals surface area (Å²) >= 11 is 0. The summed E-state index contributed by atoms with van der Waals surface area (Å²) in [7, 11) is 0. The van der Waals surface area contributed by atoms with Gasteiger partial charge in [0.2, 0.25) is 5.95 Å². The molecular formula is C45H30N4. The van der Waals surface area contributed by atoms with Gasteiger partial charge in [0.05, 0.1) is 11.0 Å². The van der Waals surface area contributed by atoms with Crippen LogP contribution in [-0.4, -0.2) is 19.5 Å². The van der Waals surface area contributed by atoms with Crippen LogP contribution in [0.1, 0.15) is 0 Å². The Balaban J connectivity index is 1.33. The molecule has 9 rings (SSSR count). The van der Waals surface area contributed by atoms with Crippen LogP contribution >= 0.6 is 0 Å². The van der Waals surface area contributed by atoms with Gasteiger partial charge in [-0.3, -0.25) is 4.57 Å². The third kappa shape index (κ3) is 5.26. The molecule has 0 aliphatic rings. The fourth-order valence-corrected chi connectivity index (χ4v) is 6.69. The average Bonchev–Trinajstić information content (AvgIpc) is 3.53. The summed E-state index contributed by atoms with van der Waals surface area (Å²) < 4.78 is 2.22. The highest BCUT2D eigenvalue weighted by Gasteiger charge is 2.21. The van der Waals surface area contributed by atoms with Gasteiger partial charge in [-0.25, -0.2) is 4.98 Å². The molecule has 0 fully saturated rings. The van der Waals surface area contributed by atoms with E-state index in [1.165, 1.54) is 11.1 Å². The second kappa shape index (κ2) is 12.2. The van der Waals surface area contributed by atoms with Crippen LogP contribution in [0.2, 0.25) is 0 Å². The number of rotatable bonds is 6. The first kappa shape index (κ1) is 28.6. The molecule has 0 bridgehead atoms. The van der Waals surface area contributed by atoms with Crippen molar-refractivity contribution in [3.05, 3.63) is 182 Å². The molecule has 9 aromatic rings. The fraction of sp³-hybridized carbons (Fsp3) is 0. The first-order valence-corrected chi connectivity index (χ1v) is 16.5. The lowest BCUT2D eigenvalue weighted by Crippen LogP contribution is -2.07. The third-order valence-electron chi connectivity index (χ3n) is 9.07. The first-order chi connectivity index (χ1) is 24.3. The van der Waals surface area contributed by atoms with Gasteiger partial charge in [-0.05, 0) is 46.0 Å². The highest BCUT2D eigenvalue weighted by molar-refractivity contribution is 6.15. The van der Waals surface area contributed by atoms with Gasteiger partial charge in [-0.15, -0.1) is 0 Å². The molecule has 0 atom stereocenters. The molecule has 0 spiro atoms. The van der Waals surface area contributed by atoms with Crippen molar-refractivity contribution in [2.45, 2.75) is 0 Å². The van der Waals surface area contributed by atoms with E-state index in [1.54, 1.807) is 0 Å². The molecule has 2 aromatic heterocycles. The van der Waals surface area contributed by atoms with E-state index in [4.69, 9.17) is 15.0 Å². The van der Waals surface area contributed by atoms with Crippen molar-refractivity contribution < 1.29 is 0 Å². The lowest BCUT2D eigenvalue weighted by atomic mass is 9.95. The zero-order chi connectivity index (χ0) is 32.6. The monoisotopic (exact) mass is 626 g/mol. The van der Waals surface area contributed by atoms with Gasteiger partial charge in [0, 0.05) is 27.5 Å². The lowest BCUT2D eigenvalue weighted by molar-refractivity contribution is 0.954. The summed E-state index contributed by atoms with van der Waals surface area (Å²) in [6, 6.07) is 63.4. The zero-order valence-corrected chi connectivity index (χ0v) is 26.6. The van der Waals surface area contributed by atoms with Crippen LogP contribution in [0.3, 0.4) is 0 Å². The number of fused-ring (bicyclic) bond motifs is 3. The second-order valence-electron chi connectivity index (χ2n) is 12.1. The standard InChI is InChI=1S/C45H30N4/c1-5-15-31(16-6-1)33-25-27-36(28-26-33)44-46-43(35-21-11-4-12-22-35)47-45(48-44)49-41-24-14-13-23-38(41)40-30-37(32-17-7-2-8-18-32)29-39(42(40)49)34-19-9-3-10-20-34/h1-30H. The summed E-state index contributed by atoms with van der Waals surface area (Å²) in [5, 5.41) is 2.29. The Bertz CT molecular complexity index is 2560. The van der Waals surface area contributed by atoms with Gasteiger partial charge in [-0.2, -0.15) is 9.97 Å². The molecule has 230 valence electrons. The Morgan fingerprint density at radius 3 is 1.39 bits per heavy atom. The molecule has 0 saturated carbocycles. The Morgan fingerprint density at radius 2 is 0.776 bits per heavy atom. The number of hydrogen-bond donors (Lipinski definition) is 0. The molecular weight excluding hydrogens is 597 g/mol. The number of hydrogen-bond acceptors (Lipinski definition) is 3. The van der Waals surface area contributed by atoms with Gasteiger partial charge in [0.25, 0.3) is 0 Å². The predicted octanol–water partition coefficient (Wildman–Crippen LogP) is 11.3. The minimum absolute atomic E-state index is 0.576. The lowest BCUT2D eigenvalue weighted by Gasteiger charge is -2.14. The molecule has 0 amide bonds. The van der Waals surface area contributed by atoms with Gasteiger partial charge < -0.3 is 0 Å². The van der Waals surface area contributed by atoms with Crippen LogP contribution in [0.5, 0.6) is 0 Å². The van der Waals surface area contributed by atoms with Crippen molar-refractivity contribution >= 4 is 21.8 Å². The van der Waals surface area contributed by atoms with E-state index >= 15 is 0 Å². The van der Waals surface area contributed by atoms with Gasteiger partial charge in [0.1, 0.15) is 0 Å². The number of aromatic nitrogens is 4. The summed E-state index contributed by atoms with van der Waals surface area (Å²) in [4.78, 5) is 15.5. The molecule has 0 radical (unpaired) electrons. The van der Waals surface area contributed by atoms with Gasteiger partial charge >= 0.3 is 0 Å². The second-order valence-corrected chi connectivity index (χ2v) is 12.1. The van der Waals surface area contributed by atoms with Crippen LogP contribution < -0.4 is 0 Å². The summed E-state index contributed by atoms with van der Waals surface area (Å²) in [5.41, 5.74) is 10.8. The number of para-hydroxylation sites is 1. The SMILES string of the molecule is c1ccc(-c2ccc(-c3nc(-c4ccccc4)nc(-n4c5ccccc5c5cc(-c6ccccc6)cc(-c6ccccc6)c54)n3)cc2)cc1. The Hall–Kier alpha value is -6.65. The van der Waals surface area contributed by atoms with E-state index < -0.39 is 0 Å². The summed E-state index contributed by atoms with van der Waals surface area (Å²) in [6.07, 6.45) is 0. The van der Waals surface area contributed by atoms with Crippen molar-refractivity contribution in [2.24, 2.45) is 0 Å². The molecule has 4 heteroatoms. The molecule has 7 aromatic carbocycles. The highest BCUT2D eigenvalue weighted by Crippen LogP contribution is 2.41. The van der Waals surface area contributed by atoms with E-state index in [0.29, 0.717) is 17.6 Å². The maximum Gasteiger partial charge on any atom is 0.238 e. The first-order valence-electron chi connectivity index (χ1n) is 16.5. The van der Waals surface area contributed by atoms with Gasteiger partial charge in [0.15, 0.2) is 11.6 Å². The topological polar surface area (TPSA) is 43.6 Å². The fourth-order valence-electron chi connectivity index (χ4n) is 6.69. The Morgan fingerprint density at radius 1 is 0.327 bits per heavy atom. The highest BCUT2D eigenvalue weighted by atomic mass is 15.2. The van der Waals surface area contributed by atoms with Gasteiger partial charge in [-0.1, -0.05) is 164 Å². The van der Waals surface area contributed by atoms with Crippen molar-refractivity contribution in [3.8, 4) is 62.1 Å². The van der Waals surface area contributed by atoms with E-state index in [2.05, 4.69) is 162 Å². The van der Waals surface area contributed by atoms with E-state index in [-0.39, 0.29) is 0 Å². The van der Waals surface area contributed by atoms with E-state index in [1.807, 2.05) is 24.3 Å². The molecule has 0 N–H and O–H groups in total. The van der Waals surface area contributed by atoms with Crippen molar-refractivity contribution in [1.29, 1.82) is 0 Å². The smallest absolute Gasteiger partial charge is 0.238 e. The average molecular weight is 627 g/mol. The molecule has 0 aliphatic heterocycles. The minimum Gasteiger partial charge on any atom is -0.277 e. The van der Waals surface area contributed by atoms with E-state index in [0.717, 1.165) is 55.2 Å². The Kier molecular flexibility index (Phi) is 7.10. The largest absolute Gasteiger partial charge is 0.277 e. The summed E-state index contributed by atoms with van der Waals surface area (Å²) in [5.74, 6) is 1.82. The zero-order valence-electron chi connectivity index (χ0n) is 26.6. The van der Waals surface area contributed by atoms with E-state index in [9.17, 15) is 0 Å². The van der Waals surface area contributed by atoms with Crippen molar-refractivity contribution in [2.75, 3.05) is 0 Å². The molecule has 2 heterocycles. The summed E-state index contributed by atoms with van der Waals surface area (Å²) in [6.45, 7) is 0. The number of nitrogens with zero attached hydrogens (tertiary/aromatic N) is 4. The van der Waals surface area contributed by atoms with Crippen LogP contribution in [0.4, 0.5) is 0 Å². The molecule has 49 heavy (non-hydrogen) atoms. The third-order valence-corrected chi connectivity index (χ3v) is 9.07. The minimum atomic E-state index is 0.576. The maximum absolute atomic E-state index is 5.23. The Labute approximate surface area is 284 Å². The molecule has 0 saturated heterocycles. The van der Waals surface area contributed by atoms with Crippen LogP contribution in [0.15, 0.2) is 182 Å². The predicted molar refractivity (Wildman–Crippen MR) is 201 cm³/mol. The molecule has 0 unspecified atom stereocenters. The quantitative estimate of drug-likeness (QED) is 0.184. The maximum atomic E-state index is 5.23. The van der Waals surface area contributed by atoms with Crippen molar-refractivity contribution in [1.82, 2.24) is 19.5 Å². The number of benzene rings is 7. The van der Waals surface area contributed by atoms with Crippen LogP contribution in [0.25, 0.3) is 83.9 Å². The normalized spacial score (nSPS) is 11.3. The van der Waals surface area contributed by atoms with Crippen LogP contribution in [0, 0.1) is 0 Å². The molecule has 0 aliphatic carbocycles. The van der Waals surface area contributed by atoms with Crippen LogP contribution in [-0.2, 0) is 0 Å². The van der Waals surface area contributed by atoms with Crippen molar-refractivity contribution in [3.63, 3.8) is 0 Å². The molecule has 4 nitrogen and oxygen atoms in total.